The van der Waals surface area contributed by atoms with Gasteiger partial charge in [0, 0.05) is 18.2 Å². The Morgan fingerprint density at radius 2 is 1.48 bits per heavy atom. The van der Waals surface area contributed by atoms with Crippen LogP contribution in [0, 0.1) is 0 Å². The molecule has 0 aliphatic heterocycles. The van der Waals surface area contributed by atoms with E-state index in [1.54, 1.807) is 24.3 Å². The smallest absolute Gasteiger partial charge is 0.306 e. The molecular weight excluding hydrogens is 410 g/mol. The van der Waals surface area contributed by atoms with Crippen LogP contribution in [-0.4, -0.2) is 31.5 Å². The van der Waals surface area contributed by atoms with E-state index in [9.17, 15) is 13.2 Å². The largest absolute Gasteiger partial charge is 0.383 e. The van der Waals surface area contributed by atoms with Crippen LogP contribution in [0.25, 0.3) is 11.1 Å². The van der Waals surface area contributed by atoms with E-state index in [4.69, 9.17) is 4.18 Å². The molecule has 0 spiro atoms. The summed E-state index contributed by atoms with van der Waals surface area (Å²) in [4.78, 5) is 15.1. The molecule has 0 radical (unpaired) electrons. The number of rotatable bonds is 8. The zero-order valence-electron chi connectivity index (χ0n) is 18.0. The second-order valence-corrected chi connectivity index (χ2v) is 9.14. The van der Waals surface area contributed by atoms with Gasteiger partial charge in [-0.15, -0.1) is 0 Å². The van der Waals surface area contributed by atoms with Crippen LogP contribution in [0.15, 0.2) is 78.9 Å². The van der Waals surface area contributed by atoms with Crippen LogP contribution in [0.3, 0.4) is 0 Å². The predicted molar refractivity (Wildman–Crippen MR) is 123 cm³/mol. The van der Waals surface area contributed by atoms with Crippen molar-refractivity contribution >= 4 is 16.0 Å². The molecule has 1 amide bonds. The number of hydrogen-bond donors (Lipinski definition) is 0. The molecule has 0 fully saturated rings. The first-order chi connectivity index (χ1) is 14.8. The summed E-state index contributed by atoms with van der Waals surface area (Å²) in [5.74, 6) is 0.217. The van der Waals surface area contributed by atoms with Crippen LogP contribution in [0.5, 0.6) is 5.75 Å². The van der Waals surface area contributed by atoms with E-state index in [0.29, 0.717) is 12.1 Å². The van der Waals surface area contributed by atoms with Gasteiger partial charge in [-0.25, -0.2) is 0 Å². The first-order valence-corrected chi connectivity index (χ1v) is 12.0. The van der Waals surface area contributed by atoms with Crippen molar-refractivity contribution in [1.29, 1.82) is 0 Å². The first kappa shape index (κ1) is 22.6. The molecule has 0 heterocycles. The Hall–Kier alpha value is -3.12. The third-order valence-corrected chi connectivity index (χ3v) is 5.64. The van der Waals surface area contributed by atoms with Gasteiger partial charge in [-0.3, -0.25) is 4.79 Å². The van der Waals surface area contributed by atoms with Crippen molar-refractivity contribution in [3.63, 3.8) is 0 Å². The van der Waals surface area contributed by atoms with Crippen molar-refractivity contribution in [2.75, 3.05) is 6.26 Å². The lowest BCUT2D eigenvalue weighted by atomic mass is 10.0. The van der Waals surface area contributed by atoms with Crippen molar-refractivity contribution in [3.8, 4) is 16.9 Å². The lowest BCUT2D eigenvalue weighted by Gasteiger charge is -2.29. The molecule has 0 aliphatic rings. The Balaban J connectivity index is 1.78. The third kappa shape index (κ3) is 6.18. The van der Waals surface area contributed by atoms with Gasteiger partial charge in [0.2, 0.25) is 0 Å². The fourth-order valence-corrected chi connectivity index (χ4v) is 3.73. The maximum Gasteiger partial charge on any atom is 0.306 e. The molecule has 0 saturated heterocycles. The Kier molecular flexibility index (Phi) is 7.13. The highest BCUT2D eigenvalue weighted by atomic mass is 32.2. The molecule has 3 aromatic carbocycles. The fourth-order valence-electron chi connectivity index (χ4n) is 3.27. The summed E-state index contributed by atoms with van der Waals surface area (Å²) in [6.07, 6.45) is 1.83. The van der Waals surface area contributed by atoms with Gasteiger partial charge in [0.1, 0.15) is 5.75 Å². The number of benzene rings is 3. The number of amides is 1. The van der Waals surface area contributed by atoms with E-state index in [1.807, 2.05) is 73.3 Å². The van der Waals surface area contributed by atoms with Crippen LogP contribution in [-0.2, 0) is 16.7 Å². The third-order valence-electron chi connectivity index (χ3n) is 5.15. The molecule has 162 valence electrons. The zero-order valence-corrected chi connectivity index (χ0v) is 18.8. The highest BCUT2D eigenvalue weighted by Gasteiger charge is 2.21. The average Bonchev–Trinajstić information content (AvgIpc) is 2.77. The van der Waals surface area contributed by atoms with Crippen LogP contribution < -0.4 is 4.18 Å². The Morgan fingerprint density at radius 3 is 2.03 bits per heavy atom. The molecule has 1 atom stereocenters. The molecule has 31 heavy (non-hydrogen) atoms. The molecule has 3 rings (SSSR count). The van der Waals surface area contributed by atoms with Crippen LogP contribution in [0.2, 0.25) is 0 Å². The van der Waals surface area contributed by atoms with Crippen LogP contribution >= 0.6 is 0 Å². The minimum absolute atomic E-state index is 0.0366. The van der Waals surface area contributed by atoms with Crippen molar-refractivity contribution in [1.82, 2.24) is 4.90 Å². The molecule has 0 saturated carbocycles. The summed E-state index contributed by atoms with van der Waals surface area (Å²) in [5.41, 5.74) is 3.71. The van der Waals surface area contributed by atoms with E-state index in [1.165, 1.54) is 0 Å². The summed E-state index contributed by atoms with van der Waals surface area (Å²) in [7, 11) is -3.57. The van der Waals surface area contributed by atoms with Crippen LogP contribution in [0.4, 0.5) is 0 Å². The van der Waals surface area contributed by atoms with E-state index < -0.39 is 10.1 Å². The van der Waals surface area contributed by atoms with Gasteiger partial charge in [-0.1, -0.05) is 61.5 Å². The highest BCUT2D eigenvalue weighted by Crippen LogP contribution is 2.22. The number of carbonyl (C=O) groups excluding carboxylic acids is 1. The maximum atomic E-state index is 13.3. The molecule has 1 unspecified atom stereocenters. The van der Waals surface area contributed by atoms with E-state index in [0.717, 1.165) is 29.4 Å². The molecule has 0 aromatic heterocycles. The quantitative estimate of drug-likeness (QED) is 0.458. The van der Waals surface area contributed by atoms with Crippen molar-refractivity contribution in [3.05, 3.63) is 90.0 Å². The number of hydrogen-bond acceptors (Lipinski definition) is 4. The molecular formula is C25H27NO4S. The number of carbonyl (C=O) groups is 1. The van der Waals surface area contributed by atoms with E-state index in [-0.39, 0.29) is 17.7 Å². The van der Waals surface area contributed by atoms with E-state index in [2.05, 4.69) is 0 Å². The van der Waals surface area contributed by atoms with Crippen molar-refractivity contribution < 1.29 is 17.4 Å². The maximum absolute atomic E-state index is 13.3. The molecule has 3 aromatic rings. The topological polar surface area (TPSA) is 63.7 Å². The summed E-state index contributed by atoms with van der Waals surface area (Å²) in [5, 5.41) is 0. The second-order valence-electron chi connectivity index (χ2n) is 7.57. The summed E-state index contributed by atoms with van der Waals surface area (Å²) >= 11 is 0. The summed E-state index contributed by atoms with van der Waals surface area (Å²) in [6.45, 7) is 4.50. The number of nitrogens with zero attached hydrogens (tertiary/aromatic N) is 1. The van der Waals surface area contributed by atoms with Gasteiger partial charge in [-0.2, -0.15) is 8.42 Å². The van der Waals surface area contributed by atoms with Gasteiger partial charge < -0.3 is 9.08 Å². The molecule has 6 heteroatoms. The summed E-state index contributed by atoms with van der Waals surface area (Å²) < 4.78 is 27.4. The molecule has 5 nitrogen and oxygen atoms in total. The van der Waals surface area contributed by atoms with E-state index >= 15 is 0 Å². The van der Waals surface area contributed by atoms with Gasteiger partial charge in [0.05, 0.1) is 6.26 Å². The SMILES string of the molecule is CCC(C)N(Cc1ccc(OS(C)(=O)=O)cc1)C(=O)c1ccc(-c2ccccc2)cc1. The normalized spacial score (nSPS) is 12.2. The van der Waals surface area contributed by atoms with Crippen molar-refractivity contribution in [2.45, 2.75) is 32.9 Å². The lowest BCUT2D eigenvalue weighted by molar-refractivity contribution is 0.0671. The standard InChI is InChI=1S/C25H27NO4S/c1-4-19(2)26(18-20-10-16-24(17-11-20)30-31(3,28)29)25(27)23-14-12-22(13-15-23)21-8-6-5-7-9-21/h5-17,19H,4,18H2,1-3H3. The van der Waals surface area contributed by atoms with Gasteiger partial charge >= 0.3 is 10.1 Å². The molecule has 0 bridgehead atoms. The zero-order chi connectivity index (χ0) is 22.4. The predicted octanol–water partition coefficient (Wildman–Crippen LogP) is 5.13. The summed E-state index contributed by atoms with van der Waals surface area (Å²) in [6, 6.07) is 24.5. The fraction of sp³-hybridized carbons (Fsp3) is 0.240. The molecule has 0 N–H and O–H groups in total. The average molecular weight is 438 g/mol. The highest BCUT2D eigenvalue weighted by molar-refractivity contribution is 7.86. The minimum atomic E-state index is -3.57. The van der Waals surface area contributed by atoms with Crippen molar-refractivity contribution in [2.24, 2.45) is 0 Å². The van der Waals surface area contributed by atoms with Crippen LogP contribution in [0.1, 0.15) is 36.2 Å². The molecule has 0 aliphatic carbocycles. The Bertz CT molecular complexity index is 1110. The Labute approximate surface area is 184 Å². The monoisotopic (exact) mass is 437 g/mol. The lowest BCUT2D eigenvalue weighted by Crippen LogP contribution is -2.37. The van der Waals surface area contributed by atoms with Gasteiger partial charge in [0.15, 0.2) is 0 Å². The minimum Gasteiger partial charge on any atom is -0.383 e. The second kappa shape index (κ2) is 9.79. The Morgan fingerprint density at radius 1 is 0.903 bits per heavy atom. The van der Waals surface area contributed by atoms with Gasteiger partial charge in [0.25, 0.3) is 5.91 Å². The van der Waals surface area contributed by atoms with Gasteiger partial charge in [-0.05, 0) is 54.3 Å². The first-order valence-electron chi connectivity index (χ1n) is 10.2.